The van der Waals surface area contributed by atoms with Crippen LogP contribution in [0.25, 0.3) is 0 Å². The largest absolute Gasteiger partial charge is 0.379 e. The van der Waals surface area contributed by atoms with Crippen molar-refractivity contribution < 1.29 is 13.9 Å². The highest BCUT2D eigenvalue weighted by atomic mass is 19.1. The molecule has 2 aliphatic rings. The molecule has 0 saturated carbocycles. The average molecular weight is 320 g/mol. The molecule has 126 valence electrons. The molecule has 0 aliphatic carbocycles. The smallest absolute Gasteiger partial charge is 0.227 e. The molecule has 3 rings (SSSR count). The topological polar surface area (TPSA) is 32.8 Å². The lowest BCUT2D eigenvalue weighted by Crippen LogP contribution is -2.41. The lowest BCUT2D eigenvalue weighted by molar-refractivity contribution is -0.118. The molecule has 2 aliphatic heterocycles. The molecule has 4 nitrogen and oxygen atoms in total. The summed E-state index contributed by atoms with van der Waals surface area (Å²) in [5, 5.41) is 0. The number of ether oxygens (including phenoxy) is 1. The maximum atomic E-state index is 13.1. The summed E-state index contributed by atoms with van der Waals surface area (Å²) in [5.74, 6) is -0.170. The van der Waals surface area contributed by atoms with Gasteiger partial charge in [-0.05, 0) is 37.2 Å². The van der Waals surface area contributed by atoms with Crippen LogP contribution in [0.5, 0.6) is 0 Å². The molecule has 0 N–H and O–H groups in total. The summed E-state index contributed by atoms with van der Waals surface area (Å²) in [5.41, 5.74) is 0.632. The van der Waals surface area contributed by atoms with E-state index in [0.717, 1.165) is 31.9 Å². The Kier molecular flexibility index (Phi) is 4.97. The van der Waals surface area contributed by atoms with Crippen LogP contribution in [0.15, 0.2) is 24.3 Å². The molecule has 0 bridgehead atoms. The molecule has 1 aromatic rings. The van der Waals surface area contributed by atoms with E-state index in [1.165, 1.54) is 25.0 Å². The van der Waals surface area contributed by atoms with Gasteiger partial charge in [-0.1, -0.05) is 13.3 Å². The molecule has 2 fully saturated rings. The van der Waals surface area contributed by atoms with Crippen LogP contribution in [0.3, 0.4) is 0 Å². The van der Waals surface area contributed by atoms with Gasteiger partial charge in [-0.3, -0.25) is 4.79 Å². The normalized spacial score (nSPS) is 26.0. The van der Waals surface area contributed by atoms with Gasteiger partial charge in [0.1, 0.15) is 5.82 Å². The van der Waals surface area contributed by atoms with E-state index in [-0.39, 0.29) is 17.1 Å². The van der Waals surface area contributed by atoms with Gasteiger partial charge >= 0.3 is 0 Å². The molecule has 0 radical (unpaired) electrons. The molecule has 23 heavy (non-hydrogen) atoms. The highest BCUT2D eigenvalue weighted by Crippen LogP contribution is 2.36. The minimum Gasteiger partial charge on any atom is -0.379 e. The Bertz CT molecular complexity index is 548. The van der Waals surface area contributed by atoms with Crippen molar-refractivity contribution in [3.05, 3.63) is 30.1 Å². The van der Waals surface area contributed by atoms with Crippen molar-refractivity contribution in [1.29, 1.82) is 0 Å². The van der Waals surface area contributed by atoms with Crippen LogP contribution >= 0.6 is 0 Å². The standard InChI is InChI=1S/C18H25FN2O2/c1-2-3-8-20-9-10-23-14-18(12-20)11-17(22)21(13-18)16-6-4-15(19)5-7-16/h4-7H,2-3,8-14H2,1H3/t18-/m1/s1. The first-order valence-corrected chi connectivity index (χ1v) is 8.48. The van der Waals surface area contributed by atoms with Gasteiger partial charge in [0.05, 0.1) is 13.2 Å². The number of hydrogen-bond acceptors (Lipinski definition) is 3. The molecule has 2 heterocycles. The van der Waals surface area contributed by atoms with E-state index in [1.807, 2.05) is 0 Å². The van der Waals surface area contributed by atoms with Gasteiger partial charge in [-0.15, -0.1) is 0 Å². The maximum absolute atomic E-state index is 13.1. The van der Waals surface area contributed by atoms with Gasteiger partial charge in [0.25, 0.3) is 0 Å². The van der Waals surface area contributed by atoms with Crippen LogP contribution in [-0.2, 0) is 9.53 Å². The summed E-state index contributed by atoms with van der Waals surface area (Å²) in [6.07, 6.45) is 2.85. The Morgan fingerprint density at radius 1 is 1.26 bits per heavy atom. The van der Waals surface area contributed by atoms with Crippen molar-refractivity contribution in [2.24, 2.45) is 5.41 Å². The third kappa shape index (κ3) is 3.72. The first-order valence-electron chi connectivity index (χ1n) is 8.48. The zero-order valence-electron chi connectivity index (χ0n) is 13.8. The number of nitrogens with zero attached hydrogens (tertiary/aromatic N) is 2. The van der Waals surface area contributed by atoms with Crippen molar-refractivity contribution in [3.63, 3.8) is 0 Å². The number of amides is 1. The van der Waals surface area contributed by atoms with E-state index in [2.05, 4.69) is 11.8 Å². The van der Waals surface area contributed by atoms with Crippen molar-refractivity contribution >= 4 is 11.6 Å². The van der Waals surface area contributed by atoms with Crippen molar-refractivity contribution in [3.8, 4) is 0 Å². The first-order chi connectivity index (χ1) is 11.1. The Morgan fingerprint density at radius 2 is 2.04 bits per heavy atom. The van der Waals surface area contributed by atoms with Crippen LogP contribution in [0.4, 0.5) is 10.1 Å². The summed E-state index contributed by atoms with van der Waals surface area (Å²) in [7, 11) is 0. The summed E-state index contributed by atoms with van der Waals surface area (Å²) in [4.78, 5) is 16.7. The summed E-state index contributed by atoms with van der Waals surface area (Å²) in [6.45, 7) is 7.10. The number of halogens is 1. The SMILES string of the molecule is CCCCN1CCOC[C@]2(CC(=O)N(c3ccc(F)cc3)C2)C1. The van der Waals surface area contributed by atoms with Gasteiger partial charge in [-0.25, -0.2) is 4.39 Å². The van der Waals surface area contributed by atoms with Crippen LogP contribution in [0.2, 0.25) is 0 Å². The second kappa shape index (κ2) is 6.97. The zero-order chi connectivity index (χ0) is 16.3. The number of carbonyl (C=O) groups is 1. The zero-order valence-corrected chi connectivity index (χ0v) is 13.8. The molecular weight excluding hydrogens is 295 g/mol. The highest BCUT2D eigenvalue weighted by molar-refractivity contribution is 5.96. The van der Waals surface area contributed by atoms with Crippen molar-refractivity contribution in [2.75, 3.05) is 44.3 Å². The number of anilines is 1. The van der Waals surface area contributed by atoms with E-state index in [9.17, 15) is 9.18 Å². The van der Waals surface area contributed by atoms with E-state index in [1.54, 1.807) is 17.0 Å². The number of carbonyl (C=O) groups excluding carboxylic acids is 1. The molecule has 1 spiro atoms. The van der Waals surface area contributed by atoms with Crippen LogP contribution in [0, 0.1) is 11.2 Å². The third-order valence-electron chi connectivity index (χ3n) is 4.81. The Hall–Kier alpha value is -1.46. The first kappa shape index (κ1) is 16.4. The Labute approximate surface area is 137 Å². The fraction of sp³-hybridized carbons (Fsp3) is 0.611. The van der Waals surface area contributed by atoms with Crippen molar-refractivity contribution in [2.45, 2.75) is 26.2 Å². The number of benzene rings is 1. The van der Waals surface area contributed by atoms with Crippen molar-refractivity contribution in [1.82, 2.24) is 4.90 Å². The quantitative estimate of drug-likeness (QED) is 0.855. The van der Waals surface area contributed by atoms with Crippen LogP contribution in [-0.4, -0.2) is 50.2 Å². The maximum Gasteiger partial charge on any atom is 0.227 e. The van der Waals surface area contributed by atoms with Gasteiger partial charge in [-0.2, -0.15) is 0 Å². The fourth-order valence-corrected chi connectivity index (χ4v) is 3.61. The number of rotatable bonds is 4. The van der Waals surface area contributed by atoms with Crippen LogP contribution in [0.1, 0.15) is 26.2 Å². The Morgan fingerprint density at radius 3 is 2.78 bits per heavy atom. The highest BCUT2D eigenvalue weighted by Gasteiger charge is 2.45. The van der Waals surface area contributed by atoms with Gasteiger partial charge in [0.2, 0.25) is 5.91 Å². The minimum absolute atomic E-state index is 0.109. The molecule has 1 aromatic carbocycles. The monoisotopic (exact) mass is 320 g/mol. The summed E-state index contributed by atoms with van der Waals surface area (Å²) >= 11 is 0. The van der Waals surface area contributed by atoms with Crippen LogP contribution < -0.4 is 4.90 Å². The minimum atomic E-state index is -0.279. The molecule has 2 saturated heterocycles. The molecule has 1 atom stereocenters. The fourth-order valence-electron chi connectivity index (χ4n) is 3.61. The lowest BCUT2D eigenvalue weighted by Gasteiger charge is -2.31. The van der Waals surface area contributed by atoms with E-state index in [4.69, 9.17) is 4.74 Å². The van der Waals surface area contributed by atoms with E-state index < -0.39 is 0 Å². The molecule has 5 heteroatoms. The summed E-state index contributed by atoms with van der Waals surface area (Å²) < 4.78 is 18.9. The average Bonchev–Trinajstić information content (AvgIpc) is 2.73. The second-order valence-corrected chi connectivity index (χ2v) is 6.82. The van der Waals surface area contributed by atoms with Gasteiger partial charge in [0.15, 0.2) is 0 Å². The molecule has 0 unspecified atom stereocenters. The van der Waals surface area contributed by atoms with E-state index >= 15 is 0 Å². The van der Waals surface area contributed by atoms with Gasteiger partial charge < -0.3 is 14.5 Å². The predicted octanol–water partition coefficient (Wildman–Crippen LogP) is 2.68. The molecular formula is C18H25FN2O2. The lowest BCUT2D eigenvalue weighted by atomic mass is 9.87. The third-order valence-corrected chi connectivity index (χ3v) is 4.81. The summed E-state index contributed by atoms with van der Waals surface area (Å²) in [6, 6.07) is 6.17. The Balaban J connectivity index is 1.74. The predicted molar refractivity (Wildman–Crippen MR) is 88.0 cm³/mol. The second-order valence-electron chi connectivity index (χ2n) is 6.82. The number of unbranched alkanes of at least 4 members (excludes halogenated alkanes) is 1. The number of hydrogen-bond donors (Lipinski definition) is 0. The van der Waals surface area contributed by atoms with Gasteiger partial charge in [0, 0.05) is 37.2 Å². The molecule has 1 amide bonds. The molecule has 0 aromatic heterocycles. The van der Waals surface area contributed by atoms with E-state index in [0.29, 0.717) is 19.6 Å².